The molecular weight excluding hydrogens is 424 g/mol. The molecule has 0 fully saturated rings. The second-order valence-corrected chi connectivity index (χ2v) is 8.08. The minimum atomic E-state index is -0.264. The summed E-state index contributed by atoms with van der Waals surface area (Å²) in [7, 11) is 3.30. The van der Waals surface area contributed by atoms with Crippen LogP contribution >= 0.6 is 11.6 Å². The van der Waals surface area contributed by atoms with Crippen LogP contribution in [0.15, 0.2) is 66.7 Å². The molecule has 1 aliphatic rings. The number of amides is 1. The fraction of sp³-hybridized carbons (Fsp3) is 0.192. The Morgan fingerprint density at radius 3 is 2.53 bits per heavy atom. The molecule has 0 radical (unpaired) electrons. The van der Waals surface area contributed by atoms with Gasteiger partial charge in [-0.05, 0) is 35.9 Å². The number of benzene rings is 3. The second kappa shape index (κ2) is 8.24. The lowest BCUT2D eigenvalue weighted by atomic mass is 9.93. The molecule has 3 aromatic carbocycles. The van der Waals surface area contributed by atoms with Gasteiger partial charge in [0.2, 0.25) is 0 Å². The first-order valence-electron chi connectivity index (χ1n) is 10.5. The molecule has 1 atom stereocenters. The average molecular weight is 447 g/mol. The fourth-order valence-electron chi connectivity index (χ4n) is 4.67. The van der Waals surface area contributed by atoms with Crippen LogP contribution in [-0.4, -0.2) is 42.4 Å². The van der Waals surface area contributed by atoms with Crippen LogP contribution in [-0.2, 0) is 0 Å². The van der Waals surface area contributed by atoms with Crippen molar-refractivity contribution in [3.63, 3.8) is 0 Å². The lowest BCUT2D eigenvalue weighted by Gasteiger charge is -2.26. The Balaban J connectivity index is 1.83. The Labute approximate surface area is 191 Å². The Morgan fingerprint density at radius 2 is 1.75 bits per heavy atom. The standard InChI is InChI=1S/C26H23ClN2O3/c1-31-16-11-12-22(32-2)20(15-16)24-23(19-9-5-6-10-21(19)28-24)25-17-7-3-4-8-18(17)26(30)29(25)14-13-27/h3-12,15,25,28H,13-14H2,1-2H3/t25-/m1/s1. The van der Waals surface area contributed by atoms with Crippen molar-refractivity contribution in [2.24, 2.45) is 0 Å². The van der Waals surface area contributed by atoms with Gasteiger partial charge >= 0.3 is 0 Å². The molecule has 0 aliphatic carbocycles. The Bertz CT molecular complexity index is 1310. The highest BCUT2D eigenvalue weighted by molar-refractivity contribution is 6.18. The number of alkyl halides is 1. The van der Waals surface area contributed by atoms with Crippen LogP contribution in [0.25, 0.3) is 22.2 Å². The molecule has 1 aliphatic heterocycles. The van der Waals surface area contributed by atoms with E-state index in [9.17, 15) is 4.79 Å². The highest BCUT2D eigenvalue weighted by Gasteiger charge is 2.40. The first kappa shape index (κ1) is 20.5. The fourth-order valence-corrected chi connectivity index (χ4v) is 4.85. The number of aromatic amines is 1. The van der Waals surface area contributed by atoms with Gasteiger partial charge in [0.25, 0.3) is 5.91 Å². The molecule has 6 heteroatoms. The van der Waals surface area contributed by atoms with Crippen LogP contribution in [0.1, 0.15) is 27.5 Å². The molecule has 5 nitrogen and oxygen atoms in total. The molecule has 4 aromatic rings. The van der Waals surface area contributed by atoms with Crippen molar-refractivity contribution >= 4 is 28.4 Å². The number of aromatic nitrogens is 1. The van der Waals surface area contributed by atoms with Crippen LogP contribution < -0.4 is 9.47 Å². The minimum absolute atomic E-state index is 0.0000818. The third kappa shape index (κ3) is 3.12. The summed E-state index contributed by atoms with van der Waals surface area (Å²) < 4.78 is 11.2. The topological polar surface area (TPSA) is 54.6 Å². The third-order valence-electron chi connectivity index (χ3n) is 6.08. The maximum Gasteiger partial charge on any atom is 0.255 e. The average Bonchev–Trinajstić information content (AvgIpc) is 3.34. The van der Waals surface area contributed by atoms with E-state index in [1.54, 1.807) is 14.2 Å². The zero-order chi connectivity index (χ0) is 22.2. The summed E-state index contributed by atoms with van der Waals surface area (Å²) in [5.41, 5.74) is 5.49. The molecule has 0 unspecified atom stereocenters. The molecule has 1 aromatic heterocycles. The Kier molecular flexibility index (Phi) is 5.27. The van der Waals surface area contributed by atoms with Gasteiger partial charge in [-0.25, -0.2) is 0 Å². The van der Waals surface area contributed by atoms with Crippen molar-refractivity contribution in [3.05, 3.63) is 83.4 Å². The summed E-state index contributed by atoms with van der Waals surface area (Å²) in [6, 6.07) is 21.4. The number of ether oxygens (including phenoxy) is 2. The highest BCUT2D eigenvalue weighted by atomic mass is 35.5. The number of nitrogens with one attached hydrogen (secondary N) is 1. The van der Waals surface area contributed by atoms with Crippen LogP contribution in [0.3, 0.4) is 0 Å². The summed E-state index contributed by atoms with van der Waals surface area (Å²) in [6.07, 6.45) is 0. The molecule has 1 amide bonds. The molecule has 162 valence electrons. The molecule has 2 heterocycles. The molecule has 5 rings (SSSR count). The summed E-state index contributed by atoms with van der Waals surface area (Å²) in [5, 5.41) is 1.06. The van der Waals surface area contributed by atoms with Gasteiger partial charge in [-0.2, -0.15) is 0 Å². The van der Waals surface area contributed by atoms with E-state index < -0.39 is 0 Å². The number of methoxy groups -OCH3 is 2. The first-order valence-corrected chi connectivity index (χ1v) is 11.0. The highest BCUT2D eigenvalue weighted by Crippen LogP contribution is 2.47. The Hall–Kier alpha value is -3.44. The van der Waals surface area contributed by atoms with Crippen molar-refractivity contribution in [1.29, 1.82) is 0 Å². The van der Waals surface area contributed by atoms with Gasteiger partial charge in [0.15, 0.2) is 0 Å². The number of hydrogen-bond donors (Lipinski definition) is 1. The number of para-hydroxylation sites is 1. The SMILES string of the molecule is COc1ccc(OC)c(-c2[nH]c3ccccc3c2[C@H]2c3ccccc3C(=O)N2CCCl)c1. The zero-order valence-electron chi connectivity index (χ0n) is 17.9. The van der Waals surface area contributed by atoms with E-state index in [0.717, 1.165) is 50.3 Å². The van der Waals surface area contributed by atoms with Gasteiger partial charge in [-0.15, -0.1) is 11.6 Å². The number of hydrogen-bond acceptors (Lipinski definition) is 3. The van der Waals surface area contributed by atoms with Crippen LogP contribution in [0.5, 0.6) is 11.5 Å². The molecule has 0 saturated carbocycles. The molecule has 32 heavy (non-hydrogen) atoms. The monoisotopic (exact) mass is 446 g/mol. The van der Waals surface area contributed by atoms with E-state index in [1.165, 1.54) is 0 Å². The maximum atomic E-state index is 13.3. The van der Waals surface area contributed by atoms with Gasteiger partial charge in [-0.1, -0.05) is 36.4 Å². The molecule has 0 spiro atoms. The normalized spacial score (nSPS) is 15.3. The van der Waals surface area contributed by atoms with E-state index in [0.29, 0.717) is 12.4 Å². The van der Waals surface area contributed by atoms with Crippen LogP contribution in [0.2, 0.25) is 0 Å². The molecule has 0 bridgehead atoms. The maximum absolute atomic E-state index is 13.3. The quantitative estimate of drug-likeness (QED) is 0.390. The van der Waals surface area contributed by atoms with E-state index in [4.69, 9.17) is 21.1 Å². The van der Waals surface area contributed by atoms with Crippen LogP contribution in [0, 0.1) is 0 Å². The van der Waals surface area contributed by atoms with E-state index in [1.807, 2.05) is 65.6 Å². The summed E-state index contributed by atoms with van der Waals surface area (Å²) >= 11 is 6.14. The van der Waals surface area contributed by atoms with E-state index in [2.05, 4.69) is 11.1 Å². The van der Waals surface area contributed by atoms with Gasteiger partial charge < -0.3 is 19.4 Å². The third-order valence-corrected chi connectivity index (χ3v) is 6.25. The number of halogens is 1. The summed E-state index contributed by atoms with van der Waals surface area (Å²) in [5.74, 6) is 1.81. The number of rotatable bonds is 6. The van der Waals surface area contributed by atoms with Crippen molar-refractivity contribution in [1.82, 2.24) is 9.88 Å². The van der Waals surface area contributed by atoms with Crippen molar-refractivity contribution in [2.75, 3.05) is 26.6 Å². The van der Waals surface area contributed by atoms with Gasteiger partial charge in [-0.3, -0.25) is 4.79 Å². The van der Waals surface area contributed by atoms with Gasteiger partial charge in [0, 0.05) is 40.0 Å². The number of carbonyl (C=O) groups is 1. The largest absolute Gasteiger partial charge is 0.497 e. The van der Waals surface area contributed by atoms with Crippen molar-refractivity contribution in [2.45, 2.75) is 6.04 Å². The molecular formula is C26H23ClN2O3. The predicted octanol–water partition coefficient (Wildman–Crippen LogP) is 5.64. The number of nitrogens with zero attached hydrogens (tertiary/aromatic N) is 1. The number of fused-ring (bicyclic) bond motifs is 2. The van der Waals surface area contributed by atoms with E-state index in [-0.39, 0.29) is 11.9 Å². The molecule has 1 N–H and O–H groups in total. The van der Waals surface area contributed by atoms with Crippen LogP contribution in [0.4, 0.5) is 0 Å². The van der Waals surface area contributed by atoms with E-state index >= 15 is 0 Å². The minimum Gasteiger partial charge on any atom is -0.497 e. The lowest BCUT2D eigenvalue weighted by molar-refractivity contribution is 0.0762. The van der Waals surface area contributed by atoms with Gasteiger partial charge in [0.1, 0.15) is 11.5 Å². The number of H-pyrrole nitrogens is 1. The smallest absolute Gasteiger partial charge is 0.255 e. The lowest BCUT2D eigenvalue weighted by Crippen LogP contribution is -2.30. The predicted molar refractivity (Wildman–Crippen MR) is 127 cm³/mol. The second-order valence-electron chi connectivity index (χ2n) is 7.70. The number of carbonyl (C=O) groups excluding carboxylic acids is 1. The summed E-state index contributed by atoms with van der Waals surface area (Å²) in [4.78, 5) is 18.8. The first-order chi connectivity index (χ1) is 15.7. The Morgan fingerprint density at radius 1 is 0.969 bits per heavy atom. The van der Waals surface area contributed by atoms with Crippen molar-refractivity contribution in [3.8, 4) is 22.8 Å². The molecule has 0 saturated heterocycles. The summed E-state index contributed by atoms with van der Waals surface area (Å²) in [6.45, 7) is 0.452. The van der Waals surface area contributed by atoms with Gasteiger partial charge in [0.05, 0.1) is 26.0 Å². The van der Waals surface area contributed by atoms with Crippen molar-refractivity contribution < 1.29 is 14.3 Å². The zero-order valence-corrected chi connectivity index (χ0v) is 18.6.